The van der Waals surface area contributed by atoms with Crippen LogP contribution in [-0.2, 0) is 4.79 Å². The highest BCUT2D eigenvalue weighted by atomic mass is 35.5. The van der Waals surface area contributed by atoms with E-state index in [1.807, 2.05) is 54.6 Å². The van der Waals surface area contributed by atoms with Crippen molar-refractivity contribution in [1.82, 2.24) is 5.32 Å². The Morgan fingerprint density at radius 3 is 2.20 bits per heavy atom. The topological polar surface area (TPSA) is 66.4 Å². The Hall–Kier alpha value is -3.11. The van der Waals surface area contributed by atoms with Crippen molar-refractivity contribution in [2.24, 2.45) is 5.92 Å². The van der Waals surface area contributed by atoms with Crippen LogP contribution >= 0.6 is 11.6 Å². The lowest BCUT2D eigenvalue weighted by Gasteiger charge is -2.15. The summed E-state index contributed by atoms with van der Waals surface area (Å²) in [4.78, 5) is 24.2. The standard InChI is InChI=1S/C25H22ClNO3/c26-22-13-12-20(24(28)27-23(25(29)30)14-16-6-7-16)15-21(22)19-10-8-18(9-11-19)17-4-2-1-3-5-17/h1-5,8-13,15-16,23H,6-7,14H2,(H,27,28)(H,29,30)/t23-/m0/s1. The first-order chi connectivity index (χ1) is 14.5. The summed E-state index contributed by atoms with van der Waals surface area (Å²) in [5, 5.41) is 12.6. The van der Waals surface area contributed by atoms with Crippen molar-refractivity contribution in [3.8, 4) is 22.3 Å². The molecule has 0 bridgehead atoms. The van der Waals surface area contributed by atoms with Gasteiger partial charge in [0, 0.05) is 16.1 Å². The Kier molecular flexibility index (Phi) is 5.86. The first kappa shape index (κ1) is 20.2. The van der Waals surface area contributed by atoms with E-state index in [2.05, 4.69) is 5.32 Å². The van der Waals surface area contributed by atoms with Gasteiger partial charge in [0.25, 0.3) is 5.91 Å². The number of carbonyl (C=O) groups is 2. The Labute approximate surface area is 180 Å². The van der Waals surface area contributed by atoms with Gasteiger partial charge in [0.2, 0.25) is 0 Å². The summed E-state index contributed by atoms with van der Waals surface area (Å²) in [6, 6.07) is 22.2. The normalized spacial score (nSPS) is 14.2. The number of benzene rings is 3. The van der Waals surface area contributed by atoms with Gasteiger partial charge in [-0.1, -0.05) is 79.0 Å². The number of aliphatic carboxylic acids is 1. The molecule has 1 saturated carbocycles. The van der Waals surface area contributed by atoms with Gasteiger partial charge in [-0.3, -0.25) is 4.79 Å². The molecule has 0 unspecified atom stereocenters. The molecule has 5 heteroatoms. The van der Waals surface area contributed by atoms with E-state index in [0.29, 0.717) is 22.9 Å². The van der Waals surface area contributed by atoms with Crippen LogP contribution in [-0.4, -0.2) is 23.0 Å². The van der Waals surface area contributed by atoms with Crippen molar-refractivity contribution in [3.63, 3.8) is 0 Å². The van der Waals surface area contributed by atoms with E-state index in [1.54, 1.807) is 18.2 Å². The number of amides is 1. The second-order valence-corrected chi connectivity index (χ2v) is 8.09. The number of carbonyl (C=O) groups excluding carboxylic acids is 1. The zero-order chi connectivity index (χ0) is 21.1. The Morgan fingerprint density at radius 1 is 0.933 bits per heavy atom. The zero-order valence-corrected chi connectivity index (χ0v) is 17.1. The quantitative estimate of drug-likeness (QED) is 0.519. The fourth-order valence-corrected chi connectivity index (χ4v) is 3.74. The Morgan fingerprint density at radius 2 is 1.57 bits per heavy atom. The molecule has 0 aromatic heterocycles. The summed E-state index contributed by atoms with van der Waals surface area (Å²) in [7, 11) is 0. The summed E-state index contributed by atoms with van der Waals surface area (Å²) in [5.74, 6) is -1.00. The van der Waals surface area contributed by atoms with Crippen LogP contribution in [0, 0.1) is 5.92 Å². The minimum Gasteiger partial charge on any atom is -0.480 e. The van der Waals surface area contributed by atoms with Gasteiger partial charge in [-0.2, -0.15) is 0 Å². The summed E-state index contributed by atoms with van der Waals surface area (Å²) in [6.45, 7) is 0. The lowest BCUT2D eigenvalue weighted by atomic mass is 9.99. The molecule has 1 aliphatic rings. The van der Waals surface area contributed by atoms with Gasteiger partial charge in [-0.25, -0.2) is 4.79 Å². The van der Waals surface area contributed by atoms with Crippen molar-refractivity contribution >= 4 is 23.5 Å². The molecule has 1 atom stereocenters. The molecular weight excluding hydrogens is 398 g/mol. The third-order valence-corrected chi connectivity index (χ3v) is 5.73. The molecule has 3 aromatic rings. The highest BCUT2D eigenvalue weighted by Gasteiger charge is 2.30. The highest BCUT2D eigenvalue weighted by Crippen LogP contribution is 2.34. The average molecular weight is 420 g/mol. The SMILES string of the molecule is O=C(N[C@@H](CC1CC1)C(=O)O)c1ccc(Cl)c(-c2ccc(-c3ccccc3)cc2)c1. The minimum atomic E-state index is -0.999. The molecule has 152 valence electrons. The first-order valence-electron chi connectivity index (χ1n) is 10.0. The van der Waals surface area contributed by atoms with Gasteiger partial charge >= 0.3 is 5.97 Å². The molecule has 2 N–H and O–H groups in total. The van der Waals surface area contributed by atoms with Crippen molar-refractivity contribution in [2.45, 2.75) is 25.3 Å². The molecular formula is C25H22ClNO3. The van der Waals surface area contributed by atoms with Crippen LogP contribution in [0.15, 0.2) is 72.8 Å². The number of carboxylic acid groups (broad SMARTS) is 1. The van der Waals surface area contributed by atoms with Crippen LogP contribution in [0.1, 0.15) is 29.6 Å². The van der Waals surface area contributed by atoms with Crippen molar-refractivity contribution < 1.29 is 14.7 Å². The van der Waals surface area contributed by atoms with Gasteiger partial charge in [0.15, 0.2) is 0 Å². The molecule has 1 fully saturated rings. The largest absolute Gasteiger partial charge is 0.480 e. The van der Waals surface area contributed by atoms with Gasteiger partial charge < -0.3 is 10.4 Å². The van der Waals surface area contributed by atoms with Gasteiger partial charge in [-0.15, -0.1) is 0 Å². The summed E-state index contributed by atoms with van der Waals surface area (Å²) >= 11 is 6.40. The lowest BCUT2D eigenvalue weighted by Crippen LogP contribution is -2.41. The maximum atomic E-state index is 12.7. The highest BCUT2D eigenvalue weighted by molar-refractivity contribution is 6.33. The summed E-state index contributed by atoms with van der Waals surface area (Å²) < 4.78 is 0. The number of hydrogen-bond donors (Lipinski definition) is 2. The van der Waals surface area contributed by atoms with E-state index in [0.717, 1.165) is 35.1 Å². The second-order valence-electron chi connectivity index (χ2n) is 7.68. The van der Waals surface area contributed by atoms with Gasteiger partial charge in [-0.05, 0) is 47.2 Å². The zero-order valence-electron chi connectivity index (χ0n) is 16.3. The van der Waals surface area contributed by atoms with E-state index >= 15 is 0 Å². The van der Waals surface area contributed by atoms with Gasteiger partial charge in [0.05, 0.1) is 0 Å². The van der Waals surface area contributed by atoms with Crippen LogP contribution in [0.5, 0.6) is 0 Å². The van der Waals surface area contributed by atoms with E-state index < -0.39 is 17.9 Å². The summed E-state index contributed by atoms with van der Waals surface area (Å²) in [5.41, 5.74) is 4.23. The Bertz CT molecular complexity index is 1060. The van der Waals surface area contributed by atoms with E-state index in [9.17, 15) is 14.7 Å². The number of rotatable bonds is 7. The van der Waals surface area contributed by atoms with Gasteiger partial charge in [0.1, 0.15) is 6.04 Å². The number of hydrogen-bond acceptors (Lipinski definition) is 2. The summed E-state index contributed by atoms with van der Waals surface area (Å²) in [6.07, 6.45) is 2.54. The fraction of sp³-hybridized carbons (Fsp3) is 0.200. The smallest absolute Gasteiger partial charge is 0.326 e. The Balaban J connectivity index is 1.55. The molecule has 0 aliphatic heterocycles. The van der Waals surface area contributed by atoms with Crippen molar-refractivity contribution in [1.29, 1.82) is 0 Å². The average Bonchev–Trinajstić information content (AvgIpc) is 3.58. The first-order valence-corrected chi connectivity index (χ1v) is 10.4. The van der Waals surface area contributed by atoms with E-state index in [1.165, 1.54) is 0 Å². The molecule has 1 aliphatic carbocycles. The van der Waals surface area contributed by atoms with E-state index in [-0.39, 0.29) is 0 Å². The van der Waals surface area contributed by atoms with Crippen molar-refractivity contribution in [3.05, 3.63) is 83.4 Å². The molecule has 0 heterocycles. The molecule has 30 heavy (non-hydrogen) atoms. The molecule has 4 rings (SSSR count). The monoisotopic (exact) mass is 419 g/mol. The van der Waals surface area contributed by atoms with Crippen LogP contribution in [0.3, 0.4) is 0 Å². The predicted molar refractivity (Wildman–Crippen MR) is 119 cm³/mol. The van der Waals surface area contributed by atoms with Crippen LogP contribution in [0.25, 0.3) is 22.3 Å². The molecule has 0 spiro atoms. The fourth-order valence-electron chi connectivity index (χ4n) is 3.51. The third-order valence-electron chi connectivity index (χ3n) is 5.40. The van der Waals surface area contributed by atoms with Crippen LogP contribution in [0.2, 0.25) is 5.02 Å². The number of halogens is 1. The van der Waals surface area contributed by atoms with Crippen molar-refractivity contribution in [2.75, 3.05) is 0 Å². The minimum absolute atomic E-state index is 0.392. The number of nitrogens with one attached hydrogen (secondary N) is 1. The molecule has 3 aromatic carbocycles. The van der Waals surface area contributed by atoms with Crippen LogP contribution < -0.4 is 5.32 Å². The van der Waals surface area contributed by atoms with Crippen LogP contribution in [0.4, 0.5) is 0 Å². The maximum absolute atomic E-state index is 12.7. The molecule has 4 nitrogen and oxygen atoms in total. The lowest BCUT2D eigenvalue weighted by molar-refractivity contribution is -0.139. The number of carboxylic acids is 1. The maximum Gasteiger partial charge on any atom is 0.326 e. The van der Waals surface area contributed by atoms with E-state index in [4.69, 9.17) is 11.6 Å². The third kappa shape index (κ3) is 4.71. The molecule has 0 saturated heterocycles. The second kappa shape index (κ2) is 8.72. The predicted octanol–water partition coefficient (Wildman–Crippen LogP) is 5.66. The molecule has 1 amide bonds. The molecule has 0 radical (unpaired) electrons.